The molecule has 35 heavy (non-hydrogen) atoms. The third kappa shape index (κ3) is 6.49. The molecule has 0 aromatic heterocycles. The van der Waals surface area contributed by atoms with Crippen LogP contribution in [0.5, 0.6) is 5.75 Å². The van der Waals surface area contributed by atoms with Crippen LogP contribution in [-0.4, -0.2) is 51.9 Å². The molecule has 0 unspecified atom stereocenters. The summed E-state index contributed by atoms with van der Waals surface area (Å²) in [6.45, 7) is 2.70. The number of morpholine rings is 1. The fourth-order valence-electron chi connectivity index (χ4n) is 3.80. The molecule has 7 nitrogen and oxygen atoms in total. The molecule has 0 atom stereocenters. The Bertz CT molecular complexity index is 1170. The molecule has 7 heteroatoms. The van der Waals surface area contributed by atoms with Gasteiger partial charge in [0, 0.05) is 30.0 Å². The minimum atomic E-state index is -0.597. The van der Waals surface area contributed by atoms with E-state index in [0.29, 0.717) is 35.8 Å². The summed E-state index contributed by atoms with van der Waals surface area (Å²) >= 11 is 0. The van der Waals surface area contributed by atoms with E-state index in [1.165, 1.54) is 0 Å². The first kappa shape index (κ1) is 24.0. The number of benzene rings is 3. The summed E-state index contributed by atoms with van der Waals surface area (Å²) in [5.41, 5.74) is 3.46. The highest BCUT2D eigenvalue weighted by atomic mass is 16.5. The highest BCUT2D eigenvalue weighted by Crippen LogP contribution is 2.25. The molecule has 1 aliphatic rings. The monoisotopic (exact) mass is 472 g/mol. The third-order valence-corrected chi connectivity index (χ3v) is 5.61. The van der Waals surface area contributed by atoms with E-state index >= 15 is 0 Å². The molecule has 0 spiro atoms. The van der Waals surface area contributed by atoms with E-state index in [2.05, 4.69) is 10.2 Å². The normalized spacial score (nSPS) is 13.7. The molecule has 1 heterocycles. The van der Waals surface area contributed by atoms with Crippen LogP contribution >= 0.6 is 0 Å². The maximum absolute atomic E-state index is 13.0. The van der Waals surface area contributed by atoms with Gasteiger partial charge in [-0.2, -0.15) is 0 Å². The van der Waals surface area contributed by atoms with E-state index in [1.807, 2.05) is 78.9 Å². The van der Waals surface area contributed by atoms with Gasteiger partial charge in [0.1, 0.15) is 5.75 Å². The summed E-state index contributed by atoms with van der Waals surface area (Å²) in [5.74, 6) is -0.380. The van der Waals surface area contributed by atoms with Crippen molar-refractivity contribution < 1.29 is 23.8 Å². The lowest BCUT2D eigenvalue weighted by atomic mass is 10.0. The van der Waals surface area contributed by atoms with E-state index < -0.39 is 18.5 Å². The van der Waals surface area contributed by atoms with Crippen LogP contribution in [0.15, 0.2) is 78.9 Å². The number of para-hydroxylation sites is 1. The van der Waals surface area contributed by atoms with Crippen LogP contribution in [0.25, 0.3) is 11.6 Å². The summed E-state index contributed by atoms with van der Waals surface area (Å²) in [6.07, 6.45) is 1.71. The summed E-state index contributed by atoms with van der Waals surface area (Å²) in [5, 5.41) is 2.78. The second kappa shape index (κ2) is 11.9. The number of amides is 1. The van der Waals surface area contributed by atoms with Crippen molar-refractivity contribution in [3.05, 3.63) is 90.0 Å². The Kier molecular flexibility index (Phi) is 8.14. The summed E-state index contributed by atoms with van der Waals surface area (Å²) in [7, 11) is 1.57. The van der Waals surface area contributed by atoms with E-state index in [1.54, 1.807) is 13.2 Å². The molecule has 1 saturated heterocycles. The molecule has 1 N–H and O–H groups in total. The van der Waals surface area contributed by atoms with Gasteiger partial charge in [0.25, 0.3) is 5.91 Å². The highest BCUT2D eigenvalue weighted by Gasteiger charge is 2.17. The number of carbonyl (C=O) groups is 2. The van der Waals surface area contributed by atoms with Crippen LogP contribution in [0, 0.1) is 0 Å². The van der Waals surface area contributed by atoms with Crippen molar-refractivity contribution in [3.8, 4) is 5.75 Å². The maximum Gasteiger partial charge on any atom is 0.339 e. The molecule has 180 valence electrons. The summed E-state index contributed by atoms with van der Waals surface area (Å²) < 4.78 is 16.2. The Morgan fingerprint density at radius 3 is 2.34 bits per heavy atom. The number of nitrogens with one attached hydrogen (secondary N) is 1. The van der Waals surface area contributed by atoms with Crippen LogP contribution in [0.3, 0.4) is 0 Å². The SMILES string of the molecule is COc1ccccc1C=C(C(=O)OCC(=O)Nc1ccc(N2CCOCC2)cc1)c1ccccc1. The lowest BCUT2D eigenvalue weighted by molar-refractivity contribution is -0.141. The van der Waals surface area contributed by atoms with Gasteiger partial charge >= 0.3 is 5.97 Å². The first-order valence-corrected chi connectivity index (χ1v) is 11.4. The van der Waals surface area contributed by atoms with Gasteiger partial charge in [-0.1, -0.05) is 48.5 Å². The minimum absolute atomic E-state index is 0.331. The van der Waals surface area contributed by atoms with Gasteiger partial charge in [-0.3, -0.25) is 4.79 Å². The van der Waals surface area contributed by atoms with Crippen LogP contribution in [0.4, 0.5) is 11.4 Å². The lowest BCUT2D eigenvalue weighted by Crippen LogP contribution is -2.36. The van der Waals surface area contributed by atoms with Gasteiger partial charge in [0.15, 0.2) is 6.61 Å². The molecule has 1 aliphatic heterocycles. The van der Waals surface area contributed by atoms with E-state index in [9.17, 15) is 9.59 Å². The fourth-order valence-corrected chi connectivity index (χ4v) is 3.80. The van der Waals surface area contributed by atoms with Crippen LogP contribution in [0.1, 0.15) is 11.1 Å². The van der Waals surface area contributed by atoms with Gasteiger partial charge in [-0.05, 0) is 42.0 Å². The quantitative estimate of drug-likeness (QED) is 0.300. The molecule has 0 saturated carbocycles. The Labute approximate surface area is 204 Å². The number of methoxy groups -OCH3 is 1. The number of ether oxygens (including phenoxy) is 3. The predicted molar refractivity (Wildman–Crippen MR) is 136 cm³/mol. The zero-order valence-electron chi connectivity index (χ0n) is 19.6. The standard InChI is InChI=1S/C28H28N2O5/c1-33-26-10-6-5-9-22(26)19-25(21-7-3-2-4-8-21)28(32)35-20-27(31)29-23-11-13-24(14-12-23)30-15-17-34-18-16-30/h2-14,19H,15-18,20H2,1H3,(H,29,31). The van der Waals surface area contributed by atoms with Crippen molar-refractivity contribution in [1.29, 1.82) is 0 Å². The Balaban J connectivity index is 1.41. The summed E-state index contributed by atoms with van der Waals surface area (Å²) in [6, 6.07) is 24.1. The Morgan fingerprint density at radius 2 is 1.63 bits per heavy atom. The predicted octanol–water partition coefficient (Wildman–Crippen LogP) is 4.25. The van der Waals surface area contributed by atoms with Crippen LogP contribution < -0.4 is 15.0 Å². The fraction of sp³-hybridized carbons (Fsp3) is 0.214. The minimum Gasteiger partial charge on any atom is -0.496 e. The van der Waals surface area contributed by atoms with E-state index in [-0.39, 0.29) is 0 Å². The number of hydrogen-bond donors (Lipinski definition) is 1. The lowest BCUT2D eigenvalue weighted by Gasteiger charge is -2.28. The smallest absolute Gasteiger partial charge is 0.339 e. The van der Waals surface area contributed by atoms with Gasteiger partial charge in [0.2, 0.25) is 0 Å². The van der Waals surface area contributed by atoms with Gasteiger partial charge in [-0.15, -0.1) is 0 Å². The number of rotatable bonds is 8. The average molecular weight is 473 g/mol. The molecule has 3 aromatic rings. The molecule has 0 bridgehead atoms. The zero-order chi connectivity index (χ0) is 24.5. The zero-order valence-corrected chi connectivity index (χ0v) is 19.6. The number of esters is 1. The van der Waals surface area contributed by atoms with Crippen molar-refractivity contribution in [1.82, 2.24) is 0 Å². The molecule has 4 rings (SSSR count). The molecule has 0 aliphatic carbocycles. The summed E-state index contributed by atoms with van der Waals surface area (Å²) in [4.78, 5) is 27.7. The van der Waals surface area contributed by atoms with Crippen LogP contribution in [-0.2, 0) is 19.1 Å². The molecule has 0 radical (unpaired) electrons. The van der Waals surface area contributed by atoms with Gasteiger partial charge in [-0.25, -0.2) is 4.79 Å². The van der Waals surface area contributed by atoms with Gasteiger partial charge < -0.3 is 24.4 Å². The van der Waals surface area contributed by atoms with Crippen molar-refractivity contribution in [2.24, 2.45) is 0 Å². The molecular formula is C28H28N2O5. The first-order chi connectivity index (χ1) is 17.1. The van der Waals surface area contributed by atoms with Crippen LogP contribution in [0.2, 0.25) is 0 Å². The number of carbonyl (C=O) groups excluding carboxylic acids is 2. The number of hydrogen-bond acceptors (Lipinski definition) is 6. The third-order valence-electron chi connectivity index (χ3n) is 5.61. The highest BCUT2D eigenvalue weighted by molar-refractivity contribution is 6.22. The maximum atomic E-state index is 13.0. The first-order valence-electron chi connectivity index (χ1n) is 11.4. The van der Waals surface area contributed by atoms with Crippen molar-refractivity contribution >= 4 is 34.9 Å². The molecule has 1 amide bonds. The van der Waals surface area contributed by atoms with Gasteiger partial charge in [0.05, 0.1) is 25.9 Å². The number of nitrogens with zero attached hydrogens (tertiary/aromatic N) is 1. The largest absolute Gasteiger partial charge is 0.496 e. The van der Waals surface area contributed by atoms with E-state index in [0.717, 1.165) is 24.3 Å². The molecule has 3 aromatic carbocycles. The topological polar surface area (TPSA) is 77.1 Å². The second-order valence-electron chi connectivity index (χ2n) is 7.94. The number of anilines is 2. The molecular weight excluding hydrogens is 444 g/mol. The Morgan fingerprint density at radius 1 is 0.943 bits per heavy atom. The second-order valence-corrected chi connectivity index (χ2v) is 7.94. The van der Waals surface area contributed by atoms with Crippen molar-refractivity contribution in [3.63, 3.8) is 0 Å². The van der Waals surface area contributed by atoms with Crippen molar-refractivity contribution in [2.75, 3.05) is 50.2 Å². The van der Waals surface area contributed by atoms with Crippen molar-refractivity contribution in [2.45, 2.75) is 0 Å². The molecule has 1 fully saturated rings. The van der Waals surface area contributed by atoms with E-state index in [4.69, 9.17) is 14.2 Å². The average Bonchev–Trinajstić information content (AvgIpc) is 2.92. The Hall–Kier alpha value is -4.10.